The minimum atomic E-state index is 0.0153. The van der Waals surface area contributed by atoms with Crippen molar-refractivity contribution in [1.29, 1.82) is 0 Å². The summed E-state index contributed by atoms with van der Waals surface area (Å²) in [6, 6.07) is 10.2. The van der Waals surface area contributed by atoms with Crippen molar-refractivity contribution < 1.29 is 9.53 Å². The first kappa shape index (κ1) is 12.6. The number of carbonyl (C=O) groups excluding carboxylic acids is 1. The molecule has 0 radical (unpaired) electrons. The lowest BCUT2D eigenvalue weighted by atomic mass is 10.0. The predicted octanol–water partition coefficient (Wildman–Crippen LogP) is 1.54. The lowest BCUT2D eigenvalue weighted by Crippen LogP contribution is -2.36. The summed E-state index contributed by atoms with van der Waals surface area (Å²) in [6.07, 6.45) is 1.32. The fourth-order valence-corrected chi connectivity index (χ4v) is 2.95. The van der Waals surface area contributed by atoms with Gasteiger partial charge in [0, 0.05) is 19.1 Å². The van der Waals surface area contributed by atoms with Gasteiger partial charge in [-0.15, -0.1) is 0 Å². The van der Waals surface area contributed by atoms with Crippen molar-refractivity contribution in [2.24, 2.45) is 5.92 Å². The second kappa shape index (κ2) is 5.31. The van der Waals surface area contributed by atoms with Crippen molar-refractivity contribution in [1.82, 2.24) is 10.2 Å². The quantitative estimate of drug-likeness (QED) is 0.896. The van der Waals surface area contributed by atoms with Crippen LogP contribution in [-0.4, -0.2) is 36.6 Å². The van der Waals surface area contributed by atoms with Crippen molar-refractivity contribution in [3.05, 3.63) is 35.9 Å². The van der Waals surface area contributed by atoms with Gasteiger partial charge in [0.2, 0.25) is 5.91 Å². The van der Waals surface area contributed by atoms with E-state index >= 15 is 0 Å². The Labute approximate surface area is 113 Å². The van der Waals surface area contributed by atoms with E-state index in [9.17, 15) is 4.79 Å². The van der Waals surface area contributed by atoms with Crippen LogP contribution in [0.1, 0.15) is 25.1 Å². The second-order valence-corrected chi connectivity index (χ2v) is 5.36. The van der Waals surface area contributed by atoms with E-state index in [1.807, 2.05) is 23.1 Å². The van der Waals surface area contributed by atoms with E-state index in [1.54, 1.807) is 0 Å². The minimum Gasteiger partial charge on any atom is -0.378 e. The predicted molar refractivity (Wildman–Crippen MR) is 72.4 cm³/mol. The van der Waals surface area contributed by atoms with Gasteiger partial charge in [-0.3, -0.25) is 10.1 Å². The van der Waals surface area contributed by atoms with E-state index in [2.05, 4.69) is 24.4 Å². The Balaban J connectivity index is 1.75. The molecule has 2 aliphatic rings. The summed E-state index contributed by atoms with van der Waals surface area (Å²) in [4.78, 5) is 14.0. The zero-order chi connectivity index (χ0) is 13.2. The zero-order valence-electron chi connectivity index (χ0n) is 11.2. The van der Waals surface area contributed by atoms with Gasteiger partial charge in [0.15, 0.2) is 0 Å². The molecule has 0 aromatic heterocycles. The Hall–Kier alpha value is -1.39. The number of nitrogens with one attached hydrogen (secondary N) is 1. The van der Waals surface area contributed by atoms with E-state index < -0.39 is 0 Å². The fraction of sp³-hybridized carbons (Fsp3) is 0.533. The van der Waals surface area contributed by atoms with Crippen molar-refractivity contribution in [3.63, 3.8) is 0 Å². The lowest BCUT2D eigenvalue weighted by molar-refractivity contribution is -0.128. The van der Waals surface area contributed by atoms with E-state index in [4.69, 9.17) is 4.74 Å². The highest BCUT2D eigenvalue weighted by molar-refractivity contribution is 5.81. The van der Waals surface area contributed by atoms with Crippen LogP contribution in [0.15, 0.2) is 30.3 Å². The van der Waals surface area contributed by atoms with Gasteiger partial charge in [0.05, 0.1) is 12.6 Å². The van der Waals surface area contributed by atoms with Crippen LogP contribution in [0.2, 0.25) is 0 Å². The molecular formula is C15H20N2O2. The summed E-state index contributed by atoms with van der Waals surface area (Å²) in [5.41, 5.74) is 1.15. The van der Waals surface area contributed by atoms with Crippen molar-refractivity contribution in [2.75, 3.05) is 19.7 Å². The molecule has 0 saturated carbocycles. The van der Waals surface area contributed by atoms with Crippen LogP contribution < -0.4 is 5.32 Å². The molecule has 1 aromatic carbocycles. The molecule has 4 nitrogen and oxygen atoms in total. The van der Waals surface area contributed by atoms with Crippen LogP contribution in [0.3, 0.4) is 0 Å². The molecule has 2 fully saturated rings. The summed E-state index contributed by atoms with van der Waals surface area (Å²) in [6.45, 7) is 4.13. The molecule has 0 aliphatic carbocycles. The summed E-state index contributed by atoms with van der Waals surface area (Å²) >= 11 is 0. The molecule has 3 unspecified atom stereocenters. The van der Waals surface area contributed by atoms with Gasteiger partial charge in [0.1, 0.15) is 6.17 Å². The van der Waals surface area contributed by atoms with Gasteiger partial charge >= 0.3 is 0 Å². The topological polar surface area (TPSA) is 41.6 Å². The molecule has 4 heteroatoms. The monoisotopic (exact) mass is 260 g/mol. The number of nitrogens with zero attached hydrogens (tertiary/aromatic N) is 1. The van der Waals surface area contributed by atoms with Crippen LogP contribution in [-0.2, 0) is 9.53 Å². The molecule has 2 heterocycles. The smallest absolute Gasteiger partial charge is 0.238 e. The molecule has 19 heavy (non-hydrogen) atoms. The number of hydrogen-bond donors (Lipinski definition) is 1. The minimum absolute atomic E-state index is 0.0153. The third kappa shape index (κ3) is 2.51. The molecule has 1 N–H and O–H groups in total. The SMILES string of the molecule is CC1OCCC1CN1C(=O)CNC1c1ccccc1. The number of amides is 1. The molecule has 0 spiro atoms. The van der Waals surface area contributed by atoms with E-state index in [0.29, 0.717) is 12.5 Å². The molecular weight excluding hydrogens is 240 g/mol. The number of rotatable bonds is 3. The summed E-state index contributed by atoms with van der Waals surface area (Å²) in [5.74, 6) is 0.642. The van der Waals surface area contributed by atoms with Gasteiger partial charge in [-0.1, -0.05) is 30.3 Å². The van der Waals surface area contributed by atoms with Gasteiger partial charge < -0.3 is 9.64 Å². The van der Waals surface area contributed by atoms with Gasteiger partial charge in [-0.25, -0.2) is 0 Å². The second-order valence-electron chi connectivity index (χ2n) is 5.36. The zero-order valence-corrected chi connectivity index (χ0v) is 11.2. The molecule has 3 rings (SSSR count). The Morgan fingerprint density at radius 3 is 2.84 bits per heavy atom. The van der Waals surface area contributed by atoms with Crippen LogP contribution in [0.4, 0.5) is 0 Å². The number of hydrogen-bond acceptors (Lipinski definition) is 3. The average molecular weight is 260 g/mol. The standard InChI is InChI=1S/C15H20N2O2/c1-11-13(7-8-19-11)10-17-14(18)9-16-15(17)12-5-3-2-4-6-12/h2-6,11,13,15-16H,7-10H2,1H3. The third-order valence-electron chi connectivity index (χ3n) is 4.16. The van der Waals surface area contributed by atoms with E-state index in [-0.39, 0.29) is 18.2 Å². The number of carbonyl (C=O) groups is 1. The van der Waals surface area contributed by atoms with E-state index in [1.165, 1.54) is 0 Å². The molecule has 1 aromatic rings. The first-order valence-corrected chi connectivity index (χ1v) is 6.95. The maximum absolute atomic E-state index is 12.1. The normalized spacial score (nSPS) is 31.1. The summed E-state index contributed by atoms with van der Waals surface area (Å²) in [5, 5.41) is 3.30. The molecule has 3 atom stereocenters. The Morgan fingerprint density at radius 2 is 2.16 bits per heavy atom. The van der Waals surface area contributed by atoms with Crippen LogP contribution >= 0.6 is 0 Å². The van der Waals surface area contributed by atoms with Gasteiger partial charge in [-0.2, -0.15) is 0 Å². The van der Waals surface area contributed by atoms with Crippen molar-refractivity contribution >= 4 is 5.91 Å². The van der Waals surface area contributed by atoms with Crippen molar-refractivity contribution in [3.8, 4) is 0 Å². The fourth-order valence-electron chi connectivity index (χ4n) is 2.95. The van der Waals surface area contributed by atoms with Gasteiger partial charge in [-0.05, 0) is 18.9 Å². The average Bonchev–Trinajstić information content (AvgIpc) is 2.99. The molecule has 102 valence electrons. The Morgan fingerprint density at radius 1 is 1.37 bits per heavy atom. The highest BCUT2D eigenvalue weighted by Gasteiger charge is 2.35. The number of benzene rings is 1. The summed E-state index contributed by atoms with van der Waals surface area (Å²) in [7, 11) is 0. The molecule has 2 aliphatic heterocycles. The van der Waals surface area contributed by atoms with Crippen molar-refractivity contribution in [2.45, 2.75) is 25.6 Å². The third-order valence-corrected chi connectivity index (χ3v) is 4.16. The maximum atomic E-state index is 12.1. The largest absolute Gasteiger partial charge is 0.378 e. The first-order chi connectivity index (χ1) is 9.25. The Bertz CT molecular complexity index is 449. The highest BCUT2D eigenvalue weighted by Crippen LogP contribution is 2.28. The van der Waals surface area contributed by atoms with E-state index in [0.717, 1.165) is 25.1 Å². The molecule has 0 bridgehead atoms. The molecule has 1 amide bonds. The Kier molecular flexibility index (Phi) is 3.53. The van der Waals surface area contributed by atoms with Crippen LogP contribution in [0, 0.1) is 5.92 Å². The molecule has 2 saturated heterocycles. The first-order valence-electron chi connectivity index (χ1n) is 6.95. The summed E-state index contributed by atoms with van der Waals surface area (Å²) < 4.78 is 5.59. The lowest BCUT2D eigenvalue weighted by Gasteiger charge is -2.28. The van der Waals surface area contributed by atoms with Crippen LogP contribution in [0.25, 0.3) is 0 Å². The number of ether oxygens (including phenoxy) is 1. The highest BCUT2D eigenvalue weighted by atomic mass is 16.5. The van der Waals surface area contributed by atoms with Crippen LogP contribution in [0.5, 0.6) is 0 Å². The van der Waals surface area contributed by atoms with Gasteiger partial charge in [0.25, 0.3) is 0 Å². The maximum Gasteiger partial charge on any atom is 0.238 e.